The van der Waals surface area contributed by atoms with Crippen molar-refractivity contribution in [2.45, 2.75) is 63.1 Å². The van der Waals surface area contributed by atoms with Crippen LogP contribution in [0, 0.1) is 5.82 Å². The Hall–Kier alpha value is -4.54. The molecule has 2 amide bonds. The first kappa shape index (κ1) is 31.4. The number of nitrogens with zero attached hydrogens (tertiary/aromatic N) is 1. The average Bonchev–Trinajstić information content (AvgIpc) is 3.65. The highest BCUT2D eigenvalue weighted by Gasteiger charge is 2.44. The van der Waals surface area contributed by atoms with Crippen molar-refractivity contribution in [3.8, 4) is 17.2 Å². The molecule has 9 nitrogen and oxygen atoms in total. The summed E-state index contributed by atoms with van der Waals surface area (Å²) in [6.07, 6.45) is 6.12. The summed E-state index contributed by atoms with van der Waals surface area (Å²) in [4.78, 5) is 31.2. The smallest absolute Gasteiger partial charge is 0.251 e. The Morgan fingerprint density at radius 1 is 1.04 bits per heavy atom. The van der Waals surface area contributed by atoms with E-state index in [-0.39, 0.29) is 41.4 Å². The van der Waals surface area contributed by atoms with Gasteiger partial charge in [0.2, 0.25) is 5.89 Å². The number of benzene rings is 3. The third-order valence-corrected chi connectivity index (χ3v) is 8.72. The highest BCUT2D eigenvalue weighted by atomic mass is 19.1. The van der Waals surface area contributed by atoms with Crippen LogP contribution in [0.25, 0.3) is 11.5 Å². The number of amides is 2. The van der Waals surface area contributed by atoms with Gasteiger partial charge in [0.15, 0.2) is 0 Å². The Bertz CT molecular complexity index is 1690. The van der Waals surface area contributed by atoms with Gasteiger partial charge in [-0.1, -0.05) is 31.2 Å². The third kappa shape index (κ3) is 7.46. The van der Waals surface area contributed by atoms with Crippen LogP contribution in [0.15, 0.2) is 77.5 Å². The number of carbonyl (C=O) groups excluding carboxylic acids is 2. The molecule has 4 N–H and O–H groups in total. The molecule has 1 aromatic heterocycles. The molecule has 4 aromatic rings. The molecule has 1 saturated carbocycles. The van der Waals surface area contributed by atoms with Crippen molar-refractivity contribution in [3.05, 3.63) is 107 Å². The second-order valence-corrected chi connectivity index (χ2v) is 12.1. The predicted molar refractivity (Wildman–Crippen MR) is 171 cm³/mol. The van der Waals surface area contributed by atoms with E-state index in [1.54, 1.807) is 18.2 Å². The van der Waals surface area contributed by atoms with E-state index in [9.17, 15) is 19.1 Å². The average molecular weight is 627 g/mol. The lowest BCUT2D eigenvalue weighted by molar-refractivity contribution is 0.0822. The Morgan fingerprint density at radius 2 is 1.85 bits per heavy atom. The van der Waals surface area contributed by atoms with Gasteiger partial charge in [0.25, 0.3) is 11.8 Å². The fourth-order valence-corrected chi connectivity index (χ4v) is 5.93. The summed E-state index contributed by atoms with van der Waals surface area (Å²) >= 11 is 0. The van der Waals surface area contributed by atoms with E-state index in [2.05, 4.69) is 52.1 Å². The van der Waals surface area contributed by atoms with E-state index in [1.807, 2.05) is 0 Å². The maximum absolute atomic E-state index is 14.7. The number of aryl methyl sites for hydroxylation is 1. The van der Waals surface area contributed by atoms with E-state index >= 15 is 0 Å². The molecule has 2 aliphatic rings. The Labute approximate surface area is 267 Å². The van der Waals surface area contributed by atoms with E-state index in [4.69, 9.17) is 9.15 Å². The topological polar surface area (TPSA) is 126 Å². The van der Waals surface area contributed by atoms with E-state index in [0.717, 1.165) is 19.3 Å². The zero-order chi connectivity index (χ0) is 32.1. The van der Waals surface area contributed by atoms with Crippen LogP contribution in [-0.4, -0.2) is 53.7 Å². The van der Waals surface area contributed by atoms with Gasteiger partial charge in [-0.05, 0) is 85.5 Å². The van der Waals surface area contributed by atoms with Crippen LogP contribution in [0.2, 0.25) is 0 Å². The number of hydrogen-bond donors (Lipinski definition) is 4. The summed E-state index contributed by atoms with van der Waals surface area (Å²) in [5.74, 6) is -0.673. The monoisotopic (exact) mass is 626 g/mol. The van der Waals surface area contributed by atoms with Gasteiger partial charge in [0.05, 0.1) is 24.9 Å². The van der Waals surface area contributed by atoms with Crippen molar-refractivity contribution in [1.82, 2.24) is 20.9 Å². The lowest BCUT2D eigenvalue weighted by Gasteiger charge is -2.28. The number of rotatable bonds is 7. The van der Waals surface area contributed by atoms with Crippen LogP contribution >= 0.6 is 0 Å². The molecule has 1 aliphatic carbocycles. The van der Waals surface area contributed by atoms with Crippen molar-refractivity contribution in [2.75, 3.05) is 19.7 Å². The number of halogens is 1. The molecular weight excluding hydrogens is 587 g/mol. The Kier molecular flexibility index (Phi) is 9.46. The first-order chi connectivity index (χ1) is 22.3. The summed E-state index contributed by atoms with van der Waals surface area (Å²) in [5, 5.41) is 21.0. The van der Waals surface area contributed by atoms with Crippen molar-refractivity contribution in [1.29, 1.82) is 0 Å². The van der Waals surface area contributed by atoms with E-state index < -0.39 is 23.9 Å². The van der Waals surface area contributed by atoms with Gasteiger partial charge in [-0.2, -0.15) is 0 Å². The number of fused-ring (bicyclic) bond motifs is 4. The molecule has 2 heterocycles. The largest absolute Gasteiger partial charge is 0.493 e. The molecule has 6 rings (SSSR count). The molecule has 1 aliphatic heterocycles. The van der Waals surface area contributed by atoms with Gasteiger partial charge < -0.3 is 30.2 Å². The fourth-order valence-electron chi connectivity index (χ4n) is 5.93. The van der Waals surface area contributed by atoms with E-state index in [0.29, 0.717) is 42.9 Å². The molecule has 0 spiro atoms. The lowest BCUT2D eigenvalue weighted by atomic mass is 9.97. The molecular formula is C36H39FN4O5. The number of nitrogens with one attached hydrogen (secondary N) is 3. The van der Waals surface area contributed by atoms with Gasteiger partial charge in [0.1, 0.15) is 17.8 Å². The molecule has 2 atom stereocenters. The summed E-state index contributed by atoms with van der Waals surface area (Å²) in [5.41, 5.74) is 3.71. The Morgan fingerprint density at radius 3 is 2.61 bits per heavy atom. The van der Waals surface area contributed by atoms with Gasteiger partial charge >= 0.3 is 0 Å². The first-order valence-electron chi connectivity index (χ1n) is 15.9. The van der Waals surface area contributed by atoms with Gasteiger partial charge in [-0.25, -0.2) is 9.37 Å². The van der Waals surface area contributed by atoms with Crippen LogP contribution in [0.1, 0.15) is 70.0 Å². The SMILES string of the molecule is CCc1cccc(C2(NCC(O)C3Cc4cc(F)cc(c4)OCCCCNC(=O)c4cc(cc(-c5ncco5)c4)C(=O)N3)CC2)c1. The van der Waals surface area contributed by atoms with Gasteiger partial charge in [0, 0.05) is 41.4 Å². The molecule has 46 heavy (non-hydrogen) atoms. The minimum absolute atomic E-state index is 0.147. The van der Waals surface area contributed by atoms with Crippen LogP contribution in [0.5, 0.6) is 5.75 Å². The number of carbonyl (C=O) groups is 2. The maximum Gasteiger partial charge on any atom is 0.251 e. The van der Waals surface area contributed by atoms with E-state index in [1.165, 1.54) is 41.8 Å². The molecule has 2 unspecified atom stereocenters. The zero-order valence-corrected chi connectivity index (χ0v) is 25.9. The summed E-state index contributed by atoms with van der Waals surface area (Å²) in [7, 11) is 0. The van der Waals surface area contributed by atoms with Crippen LogP contribution < -0.4 is 20.7 Å². The second kappa shape index (κ2) is 13.8. The fraction of sp³-hybridized carbons (Fsp3) is 0.361. The van der Waals surface area contributed by atoms with Crippen LogP contribution in [0.3, 0.4) is 0 Å². The van der Waals surface area contributed by atoms with Crippen molar-refractivity contribution >= 4 is 11.8 Å². The normalized spacial score (nSPS) is 18.9. The number of aliphatic hydroxyl groups excluding tert-OH is 1. The summed E-state index contributed by atoms with van der Waals surface area (Å²) < 4.78 is 26.0. The minimum Gasteiger partial charge on any atom is -0.493 e. The lowest BCUT2D eigenvalue weighted by Crippen LogP contribution is -2.50. The molecule has 0 saturated heterocycles. The highest BCUT2D eigenvalue weighted by Crippen LogP contribution is 2.45. The third-order valence-electron chi connectivity index (χ3n) is 8.72. The zero-order valence-electron chi connectivity index (χ0n) is 25.9. The highest BCUT2D eigenvalue weighted by molar-refractivity contribution is 6.01. The maximum atomic E-state index is 14.7. The summed E-state index contributed by atoms with van der Waals surface area (Å²) in [6, 6.07) is 16.9. The molecule has 0 radical (unpaired) electrons. The number of oxazole rings is 1. The minimum atomic E-state index is -1.02. The quantitative estimate of drug-likeness (QED) is 0.229. The van der Waals surface area contributed by atoms with Gasteiger partial charge in [-0.3, -0.25) is 9.59 Å². The molecule has 1 fully saturated rings. The van der Waals surface area contributed by atoms with Crippen molar-refractivity contribution < 1.29 is 28.2 Å². The van der Waals surface area contributed by atoms with Crippen molar-refractivity contribution in [3.63, 3.8) is 0 Å². The standard InChI is InChI=1S/C36H39FN4O5/c1-2-23-6-5-7-28(14-23)36(8-9-36)40-22-32(42)31-17-24-15-29(37)21-30(16-24)45-12-4-3-10-38-33(43)25-18-26(34(44)41-31)20-27(19-25)35-39-11-13-46-35/h5-7,11,13-16,18-21,31-32,40,42H,2-4,8-10,12,17,22H2,1H3,(H,38,43)(H,41,44). The summed E-state index contributed by atoms with van der Waals surface area (Å²) in [6.45, 7) is 3.06. The predicted octanol–water partition coefficient (Wildman–Crippen LogP) is 4.93. The Balaban J connectivity index is 1.30. The number of ether oxygens (including phenoxy) is 1. The number of aromatic nitrogens is 1. The first-order valence-corrected chi connectivity index (χ1v) is 15.9. The molecule has 3 aromatic carbocycles. The van der Waals surface area contributed by atoms with Crippen LogP contribution in [-0.2, 0) is 18.4 Å². The molecule has 240 valence electrons. The van der Waals surface area contributed by atoms with Gasteiger partial charge in [-0.15, -0.1) is 0 Å². The second-order valence-electron chi connectivity index (χ2n) is 12.1. The number of hydrogen-bond acceptors (Lipinski definition) is 7. The molecule has 4 bridgehead atoms. The van der Waals surface area contributed by atoms with Crippen molar-refractivity contribution in [2.24, 2.45) is 0 Å². The number of aliphatic hydroxyl groups is 1. The van der Waals surface area contributed by atoms with Crippen LogP contribution in [0.4, 0.5) is 4.39 Å². The molecule has 10 heteroatoms.